The molecule has 1 saturated heterocycles. The first-order valence-corrected chi connectivity index (χ1v) is 8.16. The molecule has 0 aromatic heterocycles. The van der Waals surface area contributed by atoms with Crippen LogP contribution >= 0.6 is 0 Å². The molecule has 2 aromatic carbocycles. The lowest BCUT2D eigenvalue weighted by molar-refractivity contribution is -0.116. The summed E-state index contributed by atoms with van der Waals surface area (Å²) in [4.78, 5) is 25.2. The first kappa shape index (κ1) is 16.8. The number of para-hydroxylation sites is 1. The largest absolute Gasteiger partial charge is 0.493 e. The molecule has 0 radical (unpaired) electrons. The van der Waals surface area contributed by atoms with E-state index in [2.05, 4.69) is 5.32 Å². The number of amides is 2. The summed E-state index contributed by atoms with van der Waals surface area (Å²) in [6.07, 6.45) is -0.125. The Morgan fingerprint density at radius 2 is 2.08 bits per heavy atom. The molecule has 1 N–H and O–H groups in total. The number of nitrogens with zero attached hydrogens (tertiary/aromatic N) is 1. The van der Waals surface area contributed by atoms with Gasteiger partial charge in [0.25, 0.3) is 0 Å². The Hall–Kier alpha value is -3.02. The molecular formula is C19H20N2O4. The molecule has 0 atom stereocenters. The maximum atomic E-state index is 12.1. The molecule has 0 bridgehead atoms. The van der Waals surface area contributed by atoms with E-state index in [1.807, 2.05) is 37.3 Å². The van der Waals surface area contributed by atoms with Crippen molar-refractivity contribution in [1.29, 1.82) is 0 Å². The van der Waals surface area contributed by atoms with E-state index in [0.717, 1.165) is 11.3 Å². The van der Waals surface area contributed by atoms with Gasteiger partial charge in [-0.25, -0.2) is 4.79 Å². The van der Waals surface area contributed by atoms with Gasteiger partial charge in [-0.15, -0.1) is 0 Å². The van der Waals surface area contributed by atoms with Crippen molar-refractivity contribution in [3.8, 4) is 5.75 Å². The number of benzene rings is 2. The number of rotatable bonds is 6. The number of cyclic esters (lactones) is 1. The van der Waals surface area contributed by atoms with Gasteiger partial charge in [0.2, 0.25) is 5.91 Å². The van der Waals surface area contributed by atoms with E-state index in [-0.39, 0.29) is 18.4 Å². The number of carbonyl (C=O) groups is 2. The van der Waals surface area contributed by atoms with Crippen LogP contribution in [0.25, 0.3) is 0 Å². The second-order valence-corrected chi connectivity index (χ2v) is 5.73. The van der Waals surface area contributed by atoms with Crippen LogP contribution in [0.4, 0.5) is 16.2 Å². The summed E-state index contributed by atoms with van der Waals surface area (Å²) >= 11 is 0. The van der Waals surface area contributed by atoms with Gasteiger partial charge in [0.05, 0.1) is 19.6 Å². The van der Waals surface area contributed by atoms with Gasteiger partial charge >= 0.3 is 6.09 Å². The summed E-state index contributed by atoms with van der Waals surface area (Å²) in [5, 5.41) is 2.82. The third kappa shape index (κ3) is 4.29. The Balaban J connectivity index is 1.53. The highest BCUT2D eigenvalue weighted by Crippen LogP contribution is 2.22. The van der Waals surface area contributed by atoms with Crippen LogP contribution in [-0.4, -0.2) is 31.8 Å². The van der Waals surface area contributed by atoms with E-state index in [9.17, 15) is 9.59 Å². The van der Waals surface area contributed by atoms with Crippen molar-refractivity contribution in [3.05, 3.63) is 54.1 Å². The lowest BCUT2D eigenvalue weighted by Gasteiger charge is -2.14. The Morgan fingerprint density at radius 3 is 2.84 bits per heavy atom. The van der Waals surface area contributed by atoms with Crippen LogP contribution in [0.5, 0.6) is 5.75 Å². The van der Waals surface area contributed by atoms with Crippen LogP contribution in [-0.2, 0) is 9.53 Å². The summed E-state index contributed by atoms with van der Waals surface area (Å²) in [5.41, 5.74) is 2.38. The molecule has 1 aliphatic heterocycles. The molecule has 0 aliphatic carbocycles. The second kappa shape index (κ2) is 7.70. The number of aryl methyl sites for hydroxylation is 1. The monoisotopic (exact) mass is 340 g/mol. The molecule has 1 fully saturated rings. The molecule has 6 nitrogen and oxygen atoms in total. The lowest BCUT2D eigenvalue weighted by atomic mass is 10.2. The molecule has 0 unspecified atom stereocenters. The molecule has 2 aromatic rings. The van der Waals surface area contributed by atoms with Crippen LogP contribution in [0.3, 0.4) is 0 Å². The van der Waals surface area contributed by atoms with Gasteiger partial charge in [0.15, 0.2) is 0 Å². The molecular weight excluding hydrogens is 320 g/mol. The van der Waals surface area contributed by atoms with E-state index in [4.69, 9.17) is 9.47 Å². The predicted molar refractivity (Wildman–Crippen MR) is 95.1 cm³/mol. The molecule has 1 aliphatic rings. The minimum absolute atomic E-state index is 0.144. The smallest absolute Gasteiger partial charge is 0.414 e. The third-order valence-electron chi connectivity index (χ3n) is 3.88. The number of ether oxygens (including phenoxy) is 2. The fourth-order valence-electron chi connectivity index (χ4n) is 2.58. The Bertz CT molecular complexity index is 776. The van der Waals surface area contributed by atoms with Gasteiger partial charge in [0.1, 0.15) is 12.4 Å². The third-order valence-corrected chi connectivity index (χ3v) is 3.88. The van der Waals surface area contributed by atoms with Crippen LogP contribution < -0.4 is 15.0 Å². The SMILES string of the molecule is Cc1ccccc1OCCC(=O)Nc1cccc(N2CCOC2=O)c1. The Kier molecular flexibility index (Phi) is 5.18. The summed E-state index contributed by atoms with van der Waals surface area (Å²) < 4.78 is 10.6. The zero-order valence-electron chi connectivity index (χ0n) is 14.0. The van der Waals surface area contributed by atoms with Gasteiger partial charge in [0, 0.05) is 11.4 Å². The molecule has 2 amide bonds. The van der Waals surface area contributed by atoms with Crippen LogP contribution in [0.2, 0.25) is 0 Å². The number of hydrogen-bond donors (Lipinski definition) is 1. The molecule has 0 spiro atoms. The van der Waals surface area contributed by atoms with Gasteiger partial charge in [-0.3, -0.25) is 9.69 Å². The van der Waals surface area contributed by atoms with Crippen LogP contribution in [0.1, 0.15) is 12.0 Å². The molecule has 0 saturated carbocycles. The van der Waals surface area contributed by atoms with Crippen molar-refractivity contribution >= 4 is 23.4 Å². The van der Waals surface area contributed by atoms with E-state index >= 15 is 0 Å². The van der Waals surface area contributed by atoms with Crippen molar-refractivity contribution in [2.75, 3.05) is 30.0 Å². The molecule has 1 heterocycles. The van der Waals surface area contributed by atoms with Crippen molar-refractivity contribution in [3.63, 3.8) is 0 Å². The standard InChI is InChI=1S/C19H20N2O4/c1-14-5-2-3-8-17(14)24-11-9-18(22)20-15-6-4-7-16(13-15)21-10-12-25-19(21)23/h2-8,13H,9-12H2,1H3,(H,20,22). The van der Waals surface area contributed by atoms with Crippen molar-refractivity contribution < 1.29 is 19.1 Å². The molecule has 3 rings (SSSR count). The van der Waals surface area contributed by atoms with Crippen molar-refractivity contribution in [2.45, 2.75) is 13.3 Å². The molecule has 25 heavy (non-hydrogen) atoms. The number of anilines is 2. The first-order chi connectivity index (χ1) is 12.1. The van der Waals surface area contributed by atoms with Crippen molar-refractivity contribution in [2.24, 2.45) is 0 Å². The van der Waals surface area contributed by atoms with E-state index in [1.165, 1.54) is 4.90 Å². The lowest BCUT2D eigenvalue weighted by Crippen LogP contribution is -2.23. The molecule has 130 valence electrons. The maximum Gasteiger partial charge on any atom is 0.414 e. The summed E-state index contributed by atoms with van der Waals surface area (Å²) in [6, 6.07) is 14.8. The van der Waals surface area contributed by atoms with Crippen molar-refractivity contribution in [1.82, 2.24) is 0 Å². The van der Waals surface area contributed by atoms with Gasteiger partial charge < -0.3 is 14.8 Å². The fraction of sp³-hybridized carbons (Fsp3) is 0.263. The first-order valence-electron chi connectivity index (χ1n) is 8.16. The predicted octanol–water partition coefficient (Wildman–Crippen LogP) is 3.36. The number of carbonyl (C=O) groups excluding carboxylic acids is 2. The zero-order valence-corrected chi connectivity index (χ0v) is 14.0. The van der Waals surface area contributed by atoms with E-state index in [1.54, 1.807) is 18.2 Å². The summed E-state index contributed by atoms with van der Waals surface area (Å²) in [6.45, 7) is 3.16. The number of hydrogen-bond acceptors (Lipinski definition) is 4. The topological polar surface area (TPSA) is 67.9 Å². The van der Waals surface area contributed by atoms with E-state index in [0.29, 0.717) is 31.1 Å². The van der Waals surface area contributed by atoms with Crippen LogP contribution in [0, 0.1) is 6.92 Å². The Labute approximate surface area is 146 Å². The van der Waals surface area contributed by atoms with E-state index < -0.39 is 0 Å². The van der Waals surface area contributed by atoms with Gasteiger partial charge in [-0.2, -0.15) is 0 Å². The van der Waals surface area contributed by atoms with Crippen LogP contribution in [0.15, 0.2) is 48.5 Å². The highest BCUT2D eigenvalue weighted by Gasteiger charge is 2.23. The normalized spacial score (nSPS) is 13.5. The summed E-state index contributed by atoms with van der Waals surface area (Å²) in [7, 11) is 0. The van der Waals surface area contributed by atoms with Gasteiger partial charge in [-0.1, -0.05) is 24.3 Å². The minimum atomic E-state index is -0.366. The Morgan fingerprint density at radius 1 is 1.24 bits per heavy atom. The average Bonchev–Trinajstić information content (AvgIpc) is 3.03. The molecule has 6 heteroatoms. The fourth-order valence-corrected chi connectivity index (χ4v) is 2.58. The highest BCUT2D eigenvalue weighted by molar-refractivity contribution is 5.93. The quantitative estimate of drug-likeness (QED) is 0.875. The summed E-state index contributed by atoms with van der Waals surface area (Å²) in [5.74, 6) is 0.638. The maximum absolute atomic E-state index is 12.1. The second-order valence-electron chi connectivity index (χ2n) is 5.73. The zero-order chi connectivity index (χ0) is 17.6. The number of nitrogens with one attached hydrogen (secondary N) is 1. The average molecular weight is 340 g/mol. The highest BCUT2D eigenvalue weighted by atomic mass is 16.6. The minimum Gasteiger partial charge on any atom is -0.493 e. The van der Waals surface area contributed by atoms with Gasteiger partial charge in [-0.05, 0) is 36.8 Å².